The summed E-state index contributed by atoms with van der Waals surface area (Å²) in [4.78, 5) is 0. The number of hydrogen-bond acceptors (Lipinski definition) is 0. The monoisotopic (exact) mass is 272 g/mol. The Kier molecular flexibility index (Phi) is 3.49. The summed E-state index contributed by atoms with van der Waals surface area (Å²) < 4.78 is 0. The topological polar surface area (TPSA) is 0 Å². The van der Waals surface area contributed by atoms with Gasteiger partial charge in [0.2, 0.25) is 0 Å². The van der Waals surface area contributed by atoms with Gasteiger partial charge >= 0.3 is 99.8 Å². The van der Waals surface area contributed by atoms with Gasteiger partial charge in [-0.25, -0.2) is 0 Å². The normalized spacial score (nSPS) is 9.86. The van der Waals surface area contributed by atoms with E-state index < -0.39 is 5.43 Å². The molecule has 14 heavy (non-hydrogen) atoms. The van der Waals surface area contributed by atoms with Crippen molar-refractivity contribution in [2.24, 2.45) is 0 Å². The standard InChI is InChI=1S/C12H10Si.Zr/c1-3-7-11(8-4-1)13-12-9-5-2-6-10-12;/h1-10H;/q;+2. The van der Waals surface area contributed by atoms with Gasteiger partial charge in [0.25, 0.3) is 0 Å². The second-order valence-corrected chi connectivity index (χ2v) is 8.70. The molecule has 0 spiro atoms. The van der Waals surface area contributed by atoms with Crippen molar-refractivity contribution in [3.05, 3.63) is 60.7 Å². The molecule has 2 aromatic carbocycles. The summed E-state index contributed by atoms with van der Waals surface area (Å²) in [5.74, 6) is 0. The quantitative estimate of drug-likeness (QED) is 0.725. The van der Waals surface area contributed by atoms with E-state index in [0.717, 1.165) is 0 Å². The third-order valence-corrected chi connectivity index (χ3v) is 8.20. The van der Waals surface area contributed by atoms with Crippen molar-refractivity contribution < 1.29 is 23.3 Å². The fourth-order valence-corrected chi connectivity index (χ4v) is 5.22. The fourth-order valence-electron chi connectivity index (χ4n) is 1.38. The zero-order chi connectivity index (χ0) is 9.80. The first-order chi connectivity index (χ1) is 6.88. The molecule has 0 radical (unpaired) electrons. The van der Waals surface area contributed by atoms with Gasteiger partial charge in [0.1, 0.15) is 0 Å². The summed E-state index contributed by atoms with van der Waals surface area (Å²) in [6.07, 6.45) is 0. The Morgan fingerprint density at radius 2 is 1.00 bits per heavy atom. The van der Waals surface area contributed by atoms with Crippen LogP contribution in [0.4, 0.5) is 0 Å². The van der Waals surface area contributed by atoms with E-state index in [4.69, 9.17) is 0 Å². The van der Waals surface area contributed by atoms with Crippen molar-refractivity contribution in [3.8, 4) is 0 Å². The summed E-state index contributed by atoms with van der Waals surface area (Å²) in [5.41, 5.74) is -0.455. The van der Waals surface area contributed by atoms with Crippen molar-refractivity contribution >= 4 is 15.8 Å². The molecule has 2 heteroatoms. The molecule has 0 fully saturated rings. The molecular formula is C12H10SiZr+2. The van der Waals surface area contributed by atoms with E-state index in [1.165, 1.54) is 10.4 Å². The van der Waals surface area contributed by atoms with E-state index >= 15 is 0 Å². The van der Waals surface area contributed by atoms with Crippen molar-refractivity contribution in [1.82, 2.24) is 0 Å². The molecule has 0 amide bonds. The van der Waals surface area contributed by atoms with E-state index in [2.05, 4.69) is 60.7 Å². The van der Waals surface area contributed by atoms with Crippen LogP contribution < -0.4 is 10.4 Å². The summed E-state index contributed by atoms with van der Waals surface area (Å²) >= 11 is 1.64. The molecule has 0 N–H and O–H groups in total. The van der Waals surface area contributed by atoms with E-state index in [1.54, 1.807) is 23.3 Å². The molecule has 0 nitrogen and oxygen atoms in total. The average molecular weight is 274 g/mol. The molecule has 0 aliphatic carbocycles. The molecule has 0 unspecified atom stereocenters. The van der Waals surface area contributed by atoms with Crippen LogP contribution in [0, 0.1) is 0 Å². The molecular weight excluding hydrogens is 263 g/mol. The number of hydrogen-bond donors (Lipinski definition) is 0. The molecule has 0 heterocycles. The molecule has 0 aliphatic heterocycles. The molecule has 0 aliphatic rings. The Hall–Kier alpha value is -0.460. The average Bonchev–Trinajstić information content (AvgIpc) is 2.30. The zero-order valence-corrected chi connectivity index (χ0v) is 11.2. The fraction of sp³-hybridized carbons (Fsp3) is 0. The van der Waals surface area contributed by atoms with Gasteiger partial charge in [0.15, 0.2) is 0 Å². The van der Waals surface area contributed by atoms with Crippen LogP contribution in [0.2, 0.25) is 0 Å². The van der Waals surface area contributed by atoms with E-state index in [-0.39, 0.29) is 0 Å². The Morgan fingerprint density at radius 1 is 0.643 bits per heavy atom. The third kappa shape index (κ3) is 2.31. The van der Waals surface area contributed by atoms with Crippen LogP contribution >= 0.6 is 0 Å². The molecule has 0 atom stereocenters. The Balaban J connectivity index is 2.35. The van der Waals surface area contributed by atoms with E-state index in [1.807, 2.05) is 0 Å². The Labute approximate surface area is 99.4 Å². The van der Waals surface area contributed by atoms with Gasteiger partial charge in [0.05, 0.1) is 0 Å². The predicted molar refractivity (Wildman–Crippen MR) is 57.9 cm³/mol. The van der Waals surface area contributed by atoms with Gasteiger partial charge in [-0.1, -0.05) is 0 Å². The van der Waals surface area contributed by atoms with Crippen LogP contribution in [-0.2, 0) is 23.3 Å². The summed E-state index contributed by atoms with van der Waals surface area (Å²) in [7, 11) is 0. The van der Waals surface area contributed by atoms with Gasteiger partial charge in [-0.2, -0.15) is 0 Å². The molecule has 0 saturated carbocycles. The van der Waals surface area contributed by atoms with Gasteiger partial charge in [-0.05, 0) is 0 Å². The SMILES string of the molecule is [Zr+2]=[Si](c1ccccc1)c1ccccc1. The van der Waals surface area contributed by atoms with Gasteiger partial charge in [-0.15, -0.1) is 0 Å². The first-order valence-corrected chi connectivity index (χ1v) is 9.76. The van der Waals surface area contributed by atoms with Crippen LogP contribution in [0.1, 0.15) is 0 Å². The van der Waals surface area contributed by atoms with Gasteiger partial charge in [0, 0.05) is 0 Å². The summed E-state index contributed by atoms with van der Waals surface area (Å²) in [6.45, 7) is 0. The third-order valence-electron chi connectivity index (χ3n) is 2.12. The van der Waals surface area contributed by atoms with Crippen LogP contribution in [-0.4, -0.2) is 5.43 Å². The zero-order valence-electron chi connectivity index (χ0n) is 7.77. The van der Waals surface area contributed by atoms with E-state index in [9.17, 15) is 0 Å². The minimum atomic E-state index is -0.455. The van der Waals surface area contributed by atoms with Crippen molar-refractivity contribution in [3.63, 3.8) is 0 Å². The maximum absolute atomic E-state index is 2.25. The molecule has 2 aromatic rings. The number of rotatable bonds is 2. The first-order valence-electron chi connectivity index (χ1n) is 4.57. The maximum atomic E-state index is 2.25. The van der Waals surface area contributed by atoms with Crippen molar-refractivity contribution in [2.75, 3.05) is 0 Å². The van der Waals surface area contributed by atoms with Gasteiger partial charge in [-0.3, -0.25) is 0 Å². The molecule has 0 saturated heterocycles. The number of benzene rings is 2. The Morgan fingerprint density at radius 3 is 1.36 bits per heavy atom. The second kappa shape index (κ2) is 4.86. The molecule has 0 aromatic heterocycles. The summed E-state index contributed by atoms with van der Waals surface area (Å²) in [5, 5.41) is 3.03. The van der Waals surface area contributed by atoms with E-state index in [0.29, 0.717) is 0 Å². The molecule has 64 valence electrons. The summed E-state index contributed by atoms with van der Waals surface area (Å²) in [6, 6.07) is 21.7. The minimum absolute atomic E-state index is 0.455. The molecule has 2 rings (SSSR count). The Bertz CT molecular complexity index is 381. The van der Waals surface area contributed by atoms with Crippen molar-refractivity contribution in [2.45, 2.75) is 0 Å². The van der Waals surface area contributed by atoms with Crippen LogP contribution in [0.3, 0.4) is 0 Å². The van der Waals surface area contributed by atoms with Crippen molar-refractivity contribution in [1.29, 1.82) is 0 Å². The second-order valence-electron chi connectivity index (χ2n) is 3.11. The molecule has 0 bridgehead atoms. The van der Waals surface area contributed by atoms with Crippen LogP contribution in [0.15, 0.2) is 60.7 Å². The first kappa shape index (κ1) is 10.1. The predicted octanol–water partition coefficient (Wildman–Crippen LogP) is 1.34. The van der Waals surface area contributed by atoms with Crippen LogP contribution in [0.5, 0.6) is 0 Å². The van der Waals surface area contributed by atoms with Crippen LogP contribution in [0.25, 0.3) is 0 Å². The van der Waals surface area contributed by atoms with Gasteiger partial charge < -0.3 is 0 Å².